The van der Waals surface area contributed by atoms with E-state index in [0.717, 1.165) is 17.8 Å². The average Bonchev–Trinajstić information content (AvgIpc) is 3.22. The van der Waals surface area contributed by atoms with Gasteiger partial charge in [-0.25, -0.2) is 18.5 Å². The molecule has 2 aromatic carbocycles. The van der Waals surface area contributed by atoms with Crippen LogP contribution in [0.2, 0.25) is 0 Å². The van der Waals surface area contributed by atoms with Crippen molar-refractivity contribution in [3.8, 4) is 5.69 Å². The third kappa shape index (κ3) is 4.98. The Morgan fingerprint density at radius 1 is 1.20 bits per heavy atom. The first-order valence-corrected chi connectivity index (χ1v) is 10.2. The van der Waals surface area contributed by atoms with E-state index in [1.807, 2.05) is 12.1 Å². The Balaban J connectivity index is 1.65. The summed E-state index contributed by atoms with van der Waals surface area (Å²) in [7, 11) is -4.07. The standard InChI is InChI=1S/C18H18N6O5S/c19-30(28,29)13-5-6-14(17(11-13)24(26)27)21-8-7-18(25)22-15-3-1-2-4-16(15)23-10-9-20-12-23/h1-6,9-12,21H,7-8H2,(H,22,25)(H2,19,28,29). The number of sulfonamides is 1. The summed E-state index contributed by atoms with van der Waals surface area (Å²) < 4.78 is 24.5. The fraction of sp³-hybridized carbons (Fsp3) is 0.111. The summed E-state index contributed by atoms with van der Waals surface area (Å²) in [6.45, 7) is 0.0919. The van der Waals surface area contributed by atoms with Gasteiger partial charge in [-0.1, -0.05) is 12.1 Å². The van der Waals surface area contributed by atoms with Crippen LogP contribution in [0.25, 0.3) is 5.69 Å². The summed E-state index contributed by atoms with van der Waals surface area (Å²) in [5.41, 5.74) is 0.959. The Bertz CT molecular complexity index is 1180. The van der Waals surface area contributed by atoms with Gasteiger partial charge in [-0.05, 0) is 24.3 Å². The van der Waals surface area contributed by atoms with Crippen LogP contribution in [0, 0.1) is 10.1 Å². The molecule has 0 fully saturated rings. The molecule has 3 rings (SSSR count). The number of nitrogens with zero attached hydrogens (tertiary/aromatic N) is 3. The molecule has 0 unspecified atom stereocenters. The number of carbonyl (C=O) groups excluding carboxylic acids is 1. The lowest BCUT2D eigenvalue weighted by molar-refractivity contribution is -0.384. The van der Waals surface area contributed by atoms with Crippen molar-refractivity contribution in [3.05, 3.63) is 71.3 Å². The summed E-state index contributed by atoms with van der Waals surface area (Å²) in [5, 5.41) is 21.8. The van der Waals surface area contributed by atoms with Gasteiger partial charge in [0.15, 0.2) is 0 Å². The highest BCUT2D eigenvalue weighted by atomic mass is 32.2. The van der Waals surface area contributed by atoms with Crippen LogP contribution in [-0.4, -0.2) is 35.3 Å². The predicted octanol–water partition coefficient (Wildman–Crippen LogP) is 1.87. The van der Waals surface area contributed by atoms with E-state index in [-0.39, 0.29) is 29.5 Å². The van der Waals surface area contributed by atoms with Crippen LogP contribution in [0.3, 0.4) is 0 Å². The van der Waals surface area contributed by atoms with Crippen LogP contribution in [-0.2, 0) is 14.8 Å². The van der Waals surface area contributed by atoms with Crippen molar-refractivity contribution < 1.29 is 18.1 Å². The number of imidazole rings is 1. The van der Waals surface area contributed by atoms with Crippen molar-refractivity contribution in [2.24, 2.45) is 5.14 Å². The molecule has 11 nitrogen and oxygen atoms in total. The second kappa shape index (κ2) is 8.71. The van der Waals surface area contributed by atoms with E-state index in [4.69, 9.17) is 5.14 Å². The Hall–Kier alpha value is -3.77. The zero-order chi connectivity index (χ0) is 21.7. The number of aromatic nitrogens is 2. The minimum atomic E-state index is -4.07. The van der Waals surface area contributed by atoms with Gasteiger partial charge in [0.05, 0.1) is 27.5 Å². The van der Waals surface area contributed by atoms with Gasteiger partial charge in [0, 0.05) is 31.4 Å². The third-order valence-electron chi connectivity index (χ3n) is 4.12. The zero-order valence-corrected chi connectivity index (χ0v) is 16.4. The van der Waals surface area contributed by atoms with Crippen LogP contribution >= 0.6 is 0 Å². The van der Waals surface area contributed by atoms with Gasteiger partial charge in [0.1, 0.15) is 5.69 Å². The molecule has 156 valence electrons. The number of nitrogens with two attached hydrogens (primary N) is 1. The van der Waals surface area contributed by atoms with E-state index in [1.54, 1.807) is 35.4 Å². The van der Waals surface area contributed by atoms with Crippen molar-refractivity contribution in [1.29, 1.82) is 0 Å². The van der Waals surface area contributed by atoms with Crippen molar-refractivity contribution in [1.82, 2.24) is 9.55 Å². The molecule has 0 saturated carbocycles. The zero-order valence-electron chi connectivity index (χ0n) is 15.6. The van der Waals surface area contributed by atoms with Crippen LogP contribution in [0.4, 0.5) is 17.1 Å². The van der Waals surface area contributed by atoms with E-state index in [9.17, 15) is 23.3 Å². The van der Waals surface area contributed by atoms with Crippen molar-refractivity contribution in [2.75, 3.05) is 17.2 Å². The number of nitro benzene ring substituents is 1. The number of carbonyl (C=O) groups is 1. The second-order valence-corrected chi connectivity index (χ2v) is 7.75. The minimum absolute atomic E-state index is 0.0202. The van der Waals surface area contributed by atoms with Gasteiger partial charge >= 0.3 is 0 Å². The average molecular weight is 430 g/mol. The van der Waals surface area contributed by atoms with Gasteiger partial charge in [-0.2, -0.15) is 0 Å². The first kappa shape index (κ1) is 21.0. The van der Waals surface area contributed by atoms with Gasteiger partial charge in [-0.15, -0.1) is 0 Å². The Kier molecular flexibility index (Phi) is 6.09. The topological polar surface area (TPSA) is 162 Å². The highest BCUT2D eigenvalue weighted by molar-refractivity contribution is 7.89. The molecule has 0 aliphatic rings. The lowest BCUT2D eigenvalue weighted by atomic mass is 10.2. The molecule has 4 N–H and O–H groups in total. The lowest BCUT2D eigenvalue weighted by Crippen LogP contribution is -2.18. The Labute approximate surface area is 171 Å². The number of para-hydroxylation sites is 2. The molecule has 1 aromatic heterocycles. The van der Waals surface area contributed by atoms with Gasteiger partial charge in [0.2, 0.25) is 15.9 Å². The second-order valence-electron chi connectivity index (χ2n) is 6.19. The van der Waals surface area contributed by atoms with Crippen molar-refractivity contribution in [2.45, 2.75) is 11.3 Å². The Morgan fingerprint density at radius 3 is 2.63 bits per heavy atom. The molecule has 3 aromatic rings. The number of rotatable bonds is 8. The highest BCUT2D eigenvalue weighted by Gasteiger charge is 2.19. The molecule has 0 atom stereocenters. The molecule has 0 aliphatic carbocycles. The summed E-state index contributed by atoms with van der Waals surface area (Å²) in [6.07, 6.45) is 5.00. The normalized spacial score (nSPS) is 11.1. The molecule has 1 amide bonds. The van der Waals surface area contributed by atoms with Crippen molar-refractivity contribution in [3.63, 3.8) is 0 Å². The number of primary sulfonamides is 1. The van der Waals surface area contributed by atoms with Gasteiger partial charge in [-0.3, -0.25) is 14.9 Å². The number of nitro groups is 1. The SMILES string of the molecule is NS(=O)(=O)c1ccc(NCCC(=O)Nc2ccccc2-n2ccnc2)c([N+](=O)[O-])c1. The number of nitrogens with one attached hydrogen (secondary N) is 2. The van der Waals surface area contributed by atoms with E-state index in [0.29, 0.717) is 5.69 Å². The maximum Gasteiger partial charge on any atom is 0.293 e. The van der Waals surface area contributed by atoms with Gasteiger partial charge in [0.25, 0.3) is 5.69 Å². The van der Waals surface area contributed by atoms with Crippen LogP contribution in [0.15, 0.2) is 66.1 Å². The number of hydrogen-bond acceptors (Lipinski definition) is 7. The fourth-order valence-corrected chi connectivity index (χ4v) is 3.25. The first-order valence-electron chi connectivity index (χ1n) is 8.68. The van der Waals surface area contributed by atoms with Crippen LogP contribution in [0.1, 0.15) is 6.42 Å². The highest BCUT2D eigenvalue weighted by Crippen LogP contribution is 2.27. The van der Waals surface area contributed by atoms with E-state index in [1.165, 1.54) is 6.07 Å². The molecule has 12 heteroatoms. The predicted molar refractivity (Wildman–Crippen MR) is 110 cm³/mol. The fourth-order valence-electron chi connectivity index (χ4n) is 2.72. The number of amides is 1. The summed E-state index contributed by atoms with van der Waals surface area (Å²) >= 11 is 0. The largest absolute Gasteiger partial charge is 0.379 e. The minimum Gasteiger partial charge on any atom is -0.379 e. The number of hydrogen-bond donors (Lipinski definition) is 3. The van der Waals surface area contributed by atoms with Crippen LogP contribution in [0.5, 0.6) is 0 Å². The Morgan fingerprint density at radius 2 is 1.97 bits per heavy atom. The quantitative estimate of drug-likeness (QED) is 0.363. The molecule has 0 saturated heterocycles. The molecule has 1 heterocycles. The molecular formula is C18H18N6O5S. The molecule has 0 spiro atoms. The maximum atomic E-state index is 12.3. The maximum absolute atomic E-state index is 12.3. The number of anilines is 2. The van der Waals surface area contributed by atoms with E-state index >= 15 is 0 Å². The van der Waals surface area contributed by atoms with E-state index in [2.05, 4.69) is 15.6 Å². The monoisotopic (exact) mass is 430 g/mol. The molecule has 0 aliphatic heterocycles. The first-order chi connectivity index (χ1) is 14.3. The van der Waals surface area contributed by atoms with Crippen molar-refractivity contribution >= 4 is 33.0 Å². The molecule has 30 heavy (non-hydrogen) atoms. The molecule has 0 radical (unpaired) electrons. The lowest BCUT2D eigenvalue weighted by Gasteiger charge is -2.12. The smallest absolute Gasteiger partial charge is 0.293 e. The summed E-state index contributed by atoms with van der Waals surface area (Å²) in [4.78, 5) is 26.5. The van der Waals surface area contributed by atoms with Gasteiger partial charge < -0.3 is 15.2 Å². The van der Waals surface area contributed by atoms with Crippen LogP contribution < -0.4 is 15.8 Å². The summed E-state index contributed by atoms with van der Waals surface area (Å²) in [5.74, 6) is -0.307. The third-order valence-corrected chi connectivity index (χ3v) is 5.03. The molecular weight excluding hydrogens is 412 g/mol. The molecule has 0 bridgehead atoms. The number of benzene rings is 2. The summed E-state index contributed by atoms with van der Waals surface area (Å²) in [6, 6.07) is 10.5. The van der Waals surface area contributed by atoms with E-state index < -0.39 is 20.6 Å².